The smallest absolute Gasteiger partial charge is 0.404 e. The molecular formula is C13H13BrF3N3O. The molecule has 0 saturated carbocycles. The van der Waals surface area contributed by atoms with Crippen molar-refractivity contribution in [2.45, 2.75) is 26.8 Å². The minimum atomic E-state index is -4.76. The first-order valence-corrected chi connectivity index (χ1v) is 6.94. The van der Waals surface area contributed by atoms with E-state index in [1.807, 2.05) is 20.0 Å². The van der Waals surface area contributed by atoms with Gasteiger partial charge in [0.2, 0.25) is 5.95 Å². The first kappa shape index (κ1) is 15.7. The number of benzene rings is 1. The van der Waals surface area contributed by atoms with Crippen LogP contribution in [0.15, 0.2) is 28.9 Å². The number of hydrogen-bond acceptors (Lipinski definition) is 3. The van der Waals surface area contributed by atoms with Gasteiger partial charge in [0.05, 0.1) is 11.4 Å². The molecule has 21 heavy (non-hydrogen) atoms. The molecule has 2 aromatic rings. The van der Waals surface area contributed by atoms with E-state index in [9.17, 15) is 13.2 Å². The topological polar surface area (TPSA) is 39.1 Å². The molecular weight excluding hydrogens is 351 g/mol. The molecule has 0 fully saturated rings. The van der Waals surface area contributed by atoms with Crippen molar-refractivity contribution in [3.63, 3.8) is 0 Å². The van der Waals surface area contributed by atoms with E-state index in [-0.39, 0.29) is 11.4 Å². The Bertz CT molecular complexity index is 640. The molecule has 0 saturated heterocycles. The lowest BCUT2D eigenvalue weighted by atomic mass is 10.3. The van der Waals surface area contributed by atoms with E-state index < -0.39 is 6.36 Å². The number of aryl methyl sites for hydroxylation is 2. The molecule has 0 aliphatic heterocycles. The van der Waals surface area contributed by atoms with E-state index >= 15 is 0 Å². The van der Waals surface area contributed by atoms with Gasteiger partial charge in [-0.05, 0) is 32.0 Å². The lowest BCUT2D eigenvalue weighted by molar-refractivity contribution is -0.274. The van der Waals surface area contributed by atoms with E-state index in [2.05, 4.69) is 31.0 Å². The van der Waals surface area contributed by atoms with E-state index in [4.69, 9.17) is 0 Å². The number of halogens is 4. The van der Waals surface area contributed by atoms with E-state index in [0.717, 1.165) is 5.69 Å². The van der Waals surface area contributed by atoms with Gasteiger partial charge in [-0.15, -0.1) is 13.2 Å². The second kappa shape index (κ2) is 5.97. The van der Waals surface area contributed by atoms with Crippen molar-refractivity contribution >= 4 is 27.6 Å². The summed E-state index contributed by atoms with van der Waals surface area (Å²) < 4.78 is 43.7. The molecule has 1 aromatic heterocycles. The average molecular weight is 364 g/mol. The molecule has 1 N–H and O–H groups in total. The maximum Gasteiger partial charge on any atom is 0.573 e. The third-order valence-corrected chi connectivity index (χ3v) is 3.15. The summed E-state index contributed by atoms with van der Waals surface area (Å²) in [5.41, 5.74) is 0.963. The van der Waals surface area contributed by atoms with Gasteiger partial charge < -0.3 is 14.6 Å². The Morgan fingerprint density at radius 1 is 1.38 bits per heavy atom. The van der Waals surface area contributed by atoms with Gasteiger partial charge in [-0.1, -0.05) is 15.9 Å². The highest BCUT2D eigenvalue weighted by Gasteiger charge is 2.32. The van der Waals surface area contributed by atoms with Crippen LogP contribution in [0.4, 0.5) is 24.8 Å². The lowest BCUT2D eigenvalue weighted by Crippen LogP contribution is -2.18. The fraction of sp³-hybridized carbons (Fsp3) is 0.308. The largest absolute Gasteiger partial charge is 0.573 e. The molecule has 1 aromatic carbocycles. The number of ether oxygens (including phenoxy) is 1. The zero-order valence-electron chi connectivity index (χ0n) is 11.3. The van der Waals surface area contributed by atoms with Crippen LogP contribution in [0.1, 0.15) is 12.6 Å². The van der Waals surface area contributed by atoms with Gasteiger partial charge in [-0.2, -0.15) is 0 Å². The summed E-state index contributed by atoms with van der Waals surface area (Å²) in [5, 5.41) is 2.87. The molecule has 0 unspecified atom stereocenters. The van der Waals surface area contributed by atoms with Crippen LogP contribution in [0.5, 0.6) is 5.75 Å². The molecule has 8 heteroatoms. The van der Waals surface area contributed by atoms with Crippen LogP contribution < -0.4 is 10.1 Å². The summed E-state index contributed by atoms with van der Waals surface area (Å²) in [6.07, 6.45) is -2.95. The highest BCUT2D eigenvalue weighted by atomic mass is 79.9. The number of nitrogens with zero attached hydrogens (tertiary/aromatic N) is 2. The molecule has 114 valence electrons. The summed E-state index contributed by atoms with van der Waals surface area (Å²) in [4.78, 5) is 4.24. The first-order chi connectivity index (χ1) is 9.78. The third-order valence-electron chi connectivity index (χ3n) is 2.65. The maximum absolute atomic E-state index is 12.5. The van der Waals surface area contributed by atoms with Crippen molar-refractivity contribution in [3.8, 4) is 5.75 Å². The van der Waals surface area contributed by atoms with Crippen molar-refractivity contribution in [1.82, 2.24) is 9.55 Å². The van der Waals surface area contributed by atoms with Crippen LogP contribution in [0.25, 0.3) is 0 Å². The van der Waals surface area contributed by atoms with Gasteiger partial charge in [0.1, 0.15) is 0 Å². The van der Waals surface area contributed by atoms with Gasteiger partial charge >= 0.3 is 6.36 Å². The van der Waals surface area contributed by atoms with Crippen molar-refractivity contribution in [3.05, 3.63) is 34.6 Å². The number of hydrogen-bond donors (Lipinski definition) is 1. The maximum atomic E-state index is 12.5. The monoisotopic (exact) mass is 363 g/mol. The number of imidazole rings is 1. The van der Waals surface area contributed by atoms with Gasteiger partial charge in [0, 0.05) is 17.2 Å². The van der Waals surface area contributed by atoms with Crippen LogP contribution in [0.3, 0.4) is 0 Å². The lowest BCUT2D eigenvalue weighted by Gasteiger charge is -2.15. The number of rotatable bonds is 4. The number of anilines is 2. The number of aromatic nitrogens is 2. The highest BCUT2D eigenvalue weighted by molar-refractivity contribution is 9.10. The van der Waals surface area contributed by atoms with Crippen molar-refractivity contribution in [1.29, 1.82) is 0 Å². The first-order valence-electron chi connectivity index (χ1n) is 6.14. The Morgan fingerprint density at radius 3 is 2.71 bits per heavy atom. The summed E-state index contributed by atoms with van der Waals surface area (Å²) in [6.45, 7) is 4.38. The molecule has 0 bridgehead atoms. The Balaban J connectivity index is 2.35. The molecule has 0 aliphatic carbocycles. The number of nitrogens with one attached hydrogen (secondary N) is 1. The van der Waals surface area contributed by atoms with Crippen molar-refractivity contribution in [2.75, 3.05) is 5.32 Å². The second-order valence-electron chi connectivity index (χ2n) is 4.31. The molecule has 0 amide bonds. The zero-order chi connectivity index (χ0) is 15.6. The summed E-state index contributed by atoms with van der Waals surface area (Å²) in [6, 6.07) is 4.37. The molecule has 4 nitrogen and oxygen atoms in total. The van der Waals surface area contributed by atoms with Crippen molar-refractivity contribution < 1.29 is 17.9 Å². The fourth-order valence-electron chi connectivity index (χ4n) is 1.82. The van der Waals surface area contributed by atoms with E-state index in [0.29, 0.717) is 17.0 Å². The fourth-order valence-corrected chi connectivity index (χ4v) is 2.16. The molecule has 0 spiro atoms. The minimum Gasteiger partial charge on any atom is -0.404 e. The Morgan fingerprint density at radius 2 is 2.10 bits per heavy atom. The molecule has 1 heterocycles. The highest BCUT2D eigenvalue weighted by Crippen LogP contribution is 2.34. The normalized spacial score (nSPS) is 11.5. The van der Waals surface area contributed by atoms with E-state index in [1.165, 1.54) is 12.1 Å². The Hall–Kier alpha value is -1.70. The van der Waals surface area contributed by atoms with Gasteiger partial charge in [0.15, 0.2) is 5.75 Å². The van der Waals surface area contributed by atoms with Gasteiger partial charge in [-0.25, -0.2) is 4.98 Å². The Labute approximate surface area is 128 Å². The van der Waals surface area contributed by atoms with E-state index in [1.54, 1.807) is 10.6 Å². The zero-order valence-corrected chi connectivity index (χ0v) is 12.9. The standard InChI is InChI=1S/C13H13BrF3N3O/c1-3-20-7-8(2)18-12(20)19-10-5-4-9(14)6-11(10)21-13(15,16)17/h4-7H,3H2,1-2H3,(H,18,19). The van der Waals surface area contributed by atoms with Crippen LogP contribution in [0, 0.1) is 6.92 Å². The van der Waals surface area contributed by atoms with Crippen molar-refractivity contribution in [2.24, 2.45) is 0 Å². The number of alkyl halides is 3. The van der Waals surface area contributed by atoms with Gasteiger partial charge in [-0.3, -0.25) is 0 Å². The predicted octanol–water partition coefficient (Wildman–Crippen LogP) is 4.62. The predicted molar refractivity (Wildman–Crippen MR) is 76.7 cm³/mol. The van der Waals surface area contributed by atoms with Crippen LogP contribution in [-0.4, -0.2) is 15.9 Å². The summed E-state index contributed by atoms with van der Waals surface area (Å²) >= 11 is 3.13. The SMILES string of the molecule is CCn1cc(C)nc1Nc1ccc(Br)cc1OC(F)(F)F. The van der Waals surface area contributed by atoms with Crippen LogP contribution in [-0.2, 0) is 6.54 Å². The van der Waals surface area contributed by atoms with Crippen LogP contribution in [0.2, 0.25) is 0 Å². The third kappa shape index (κ3) is 4.13. The summed E-state index contributed by atoms with van der Waals surface area (Å²) in [7, 11) is 0. The summed E-state index contributed by atoms with van der Waals surface area (Å²) in [5.74, 6) is 0.143. The minimum absolute atomic E-state index is 0.191. The average Bonchev–Trinajstić information content (AvgIpc) is 2.71. The quantitative estimate of drug-likeness (QED) is 0.861. The molecule has 0 radical (unpaired) electrons. The molecule has 0 aliphatic rings. The van der Waals surface area contributed by atoms with Crippen LogP contribution >= 0.6 is 15.9 Å². The second-order valence-corrected chi connectivity index (χ2v) is 5.22. The van der Waals surface area contributed by atoms with Gasteiger partial charge in [0.25, 0.3) is 0 Å². The Kier molecular flexibility index (Phi) is 4.46. The molecule has 0 atom stereocenters. The molecule has 2 rings (SSSR count).